The van der Waals surface area contributed by atoms with Crippen LogP contribution in [0.2, 0.25) is 0 Å². The van der Waals surface area contributed by atoms with Crippen LogP contribution < -0.4 is 5.32 Å². The molecular weight excluding hydrogens is 430 g/mol. The van der Waals surface area contributed by atoms with Crippen molar-refractivity contribution in [3.05, 3.63) is 111 Å². The summed E-state index contributed by atoms with van der Waals surface area (Å²) in [5.41, 5.74) is 5.26. The van der Waals surface area contributed by atoms with E-state index in [9.17, 15) is 20.0 Å². The number of benzene rings is 3. The molecule has 1 heterocycles. The highest BCUT2D eigenvalue weighted by Crippen LogP contribution is 2.26. The molecule has 0 aliphatic rings. The molecular formula is C27H27N3O4. The van der Waals surface area contributed by atoms with Crippen LogP contribution in [-0.4, -0.2) is 33.6 Å². The fourth-order valence-corrected chi connectivity index (χ4v) is 4.19. The number of aromatic amines is 1. The van der Waals surface area contributed by atoms with Gasteiger partial charge in [0.15, 0.2) is 0 Å². The van der Waals surface area contributed by atoms with Crippen molar-refractivity contribution < 1.29 is 14.8 Å². The average molecular weight is 458 g/mol. The summed E-state index contributed by atoms with van der Waals surface area (Å²) in [6.45, 7) is -0.173. The van der Waals surface area contributed by atoms with Gasteiger partial charge < -0.3 is 15.4 Å². The van der Waals surface area contributed by atoms with Gasteiger partial charge in [-0.3, -0.25) is 14.9 Å². The number of hydrogen-bond donors (Lipinski definition) is 3. The Morgan fingerprint density at radius 2 is 1.68 bits per heavy atom. The Hall–Kier alpha value is -3.97. The van der Waals surface area contributed by atoms with E-state index in [4.69, 9.17) is 0 Å². The lowest BCUT2D eigenvalue weighted by Crippen LogP contribution is -2.39. The maximum absolute atomic E-state index is 12.6. The Morgan fingerprint density at radius 1 is 0.971 bits per heavy atom. The maximum atomic E-state index is 12.6. The molecule has 0 radical (unpaired) electrons. The zero-order chi connectivity index (χ0) is 23.9. The van der Waals surface area contributed by atoms with Gasteiger partial charge in [-0.25, -0.2) is 0 Å². The van der Waals surface area contributed by atoms with E-state index in [2.05, 4.69) is 28.5 Å². The first-order chi connectivity index (χ1) is 16.5. The number of nitrogens with one attached hydrogen (secondary N) is 2. The van der Waals surface area contributed by atoms with E-state index < -0.39 is 11.0 Å². The van der Waals surface area contributed by atoms with Gasteiger partial charge >= 0.3 is 0 Å². The van der Waals surface area contributed by atoms with E-state index in [1.54, 1.807) is 12.1 Å². The Labute approximate surface area is 197 Å². The van der Waals surface area contributed by atoms with Gasteiger partial charge in [-0.05, 0) is 35.6 Å². The number of para-hydroxylation sites is 1. The largest absolute Gasteiger partial charge is 0.394 e. The number of aliphatic hydroxyl groups excluding tert-OH is 1. The first kappa shape index (κ1) is 23.2. The van der Waals surface area contributed by atoms with Crippen molar-refractivity contribution >= 4 is 22.5 Å². The predicted molar refractivity (Wildman–Crippen MR) is 132 cm³/mol. The van der Waals surface area contributed by atoms with Crippen molar-refractivity contribution in [2.75, 3.05) is 6.61 Å². The monoisotopic (exact) mass is 457 g/mol. The second-order valence-electron chi connectivity index (χ2n) is 8.36. The fraction of sp³-hybridized carbons (Fsp3) is 0.222. The second kappa shape index (κ2) is 10.8. The van der Waals surface area contributed by atoms with Crippen molar-refractivity contribution in [1.82, 2.24) is 10.3 Å². The number of amides is 1. The third-order valence-electron chi connectivity index (χ3n) is 5.95. The Kier molecular flexibility index (Phi) is 7.34. The molecule has 34 heavy (non-hydrogen) atoms. The summed E-state index contributed by atoms with van der Waals surface area (Å²) in [5, 5.41) is 24.8. The number of nitro groups is 1. The minimum atomic E-state index is -0.445. The molecule has 0 saturated heterocycles. The molecule has 0 bridgehead atoms. The molecule has 3 N–H and O–H groups in total. The number of carbonyl (C=O) groups excluding carboxylic acids is 1. The lowest BCUT2D eigenvalue weighted by molar-refractivity contribution is -0.384. The number of H-pyrrole nitrogens is 1. The normalized spacial score (nSPS) is 11.9. The van der Waals surface area contributed by atoms with E-state index in [0.717, 1.165) is 34.1 Å². The van der Waals surface area contributed by atoms with Crippen LogP contribution in [0.15, 0.2) is 78.9 Å². The van der Waals surface area contributed by atoms with Crippen molar-refractivity contribution in [3.8, 4) is 0 Å². The van der Waals surface area contributed by atoms with Crippen LogP contribution in [0.4, 0.5) is 5.69 Å². The Balaban J connectivity index is 1.44. The third-order valence-corrected chi connectivity index (χ3v) is 5.95. The lowest BCUT2D eigenvalue weighted by atomic mass is 9.99. The molecule has 0 unspecified atom stereocenters. The molecule has 174 valence electrons. The number of rotatable bonds is 10. The smallest absolute Gasteiger partial charge is 0.269 e. The number of carbonyl (C=O) groups is 1. The van der Waals surface area contributed by atoms with Crippen molar-refractivity contribution in [1.29, 1.82) is 0 Å². The standard InChI is InChI=1S/C27H27N3O4/c31-18-21(28-27(32)15-12-19-10-13-22(14-11-19)30(33)34)17-24-23-8-4-5-9-25(23)29-26(24)16-20-6-2-1-3-7-20/h1-11,13-14,21,29,31H,12,15-18H2,(H,28,32)/t21-/m0/s1. The highest BCUT2D eigenvalue weighted by molar-refractivity contribution is 5.85. The van der Waals surface area contributed by atoms with Gasteiger partial charge in [0, 0.05) is 41.6 Å². The third kappa shape index (κ3) is 5.68. The van der Waals surface area contributed by atoms with Gasteiger partial charge in [0.05, 0.1) is 17.6 Å². The van der Waals surface area contributed by atoms with Crippen molar-refractivity contribution in [2.24, 2.45) is 0 Å². The van der Waals surface area contributed by atoms with Crippen LogP contribution in [0, 0.1) is 10.1 Å². The highest BCUT2D eigenvalue weighted by Gasteiger charge is 2.18. The maximum Gasteiger partial charge on any atom is 0.269 e. The molecule has 0 fully saturated rings. The van der Waals surface area contributed by atoms with Gasteiger partial charge in [0.1, 0.15) is 0 Å². The minimum absolute atomic E-state index is 0.0265. The Bertz CT molecular complexity index is 1270. The SMILES string of the molecule is O=C(CCc1ccc([N+](=O)[O-])cc1)N[C@H](CO)Cc1c(Cc2ccccc2)[nH]c2ccccc12. The molecule has 4 rings (SSSR count). The molecule has 7 heteroatoms. The number of fused-ring (bicyclic) bond motifs is 1. The van der Waals surface area contributed by atoms with Crippen molar-refractivity contribution in [3.63, 3.8) is 0 Å². The number of hydrogen-bond acceptors (Lipinski definition) is 4. The number of nitro benzene ring substituents is 1. The first-order valence-electron chi connectivity index (χ1n) is 11.3. The first-order valence-corrected chi connectivity index (χ1v) is 11.3. The minimum Gasteiger partial charge on any atom is -0.394 e. The van der Waals surface area contributed by atoms with Gasteiger partial charge in [-0.15, -0.1) is 0 Å². The zero-order valence-corrected chi connectivity index (χ0v) is 18.7. The predicted octanol–water partition coefficient (Wildman–Crippen LogP) is 4.32. The quantitative estimate of drug-likeness (QED) is 0.243. The molecule has 0 aliphatic carbocycles. The van der Waals surface area contributed by atoms with Gasteiger partial charge in [-0.2, -0.15) is 0 Å². The number of aryl methyl sites for hydroxylation is 1. The van der Waals surface area contributed by atoms with Crippen LogP contribution >= 0.6 is 0 Å². The number of aliphatic hydroxyl groups is 1. The molecule has 4 aromatic rings. The van der Waals surface area contributed by atoms with E-state index in [1.165, 1.54) is 17.7 Å². The molecule has 1 amide bonds. The zero-order valence-electron chi connectivity index (χ0n) is 18.7. The van der Waals surface area contributed by atoms with Gasteiger partial charge in [0.25, 0.3) is 5.69 Å². The topological polar surface area (TPSA) is 108 Å². The number of nitrogens with zero attached hydrogens (tertiary/aromatic N) is 1. The number of aromatic nitrogens is 1. The molecule has 1 aromatic heterocycles. The van der Waals surface area contributed by atoms with E-state index in [1.807, 2.05) is 36.4 Å². The summed E-state index contributed by atoms with van der Waals surface area (Å²) in [6.07, 6.45) is 1.94. The fourth-order valence-electron chi connectivity index (χ4n) is 4.19. The summed E-state index contributed by atoms with van der Waals surface area (Å²) in [7, 11) is 0. The van der Waals surface area contributed by atoms with Crippen LogP contribution in [0.3, 0.4) is 0 Å². The average Bonchev–Trinajstić information content (AvgIpc) is 3.19. The lowest BCUT2D eigenvalue weighted by Gasteiger charge is -2.17. The molecule has 7 nitrogen and oxygen atoms in total. The summed E-state index contributed by atoms with van der Waals surface area (Å²) in [5.74, 6) is -0.165. The van der Waals surface area contributed by atoms with E-state index in [-0.39, 0.29) is 24.6 Å². The Morgan fingerprint density at radius 3 is 2.38 bits per heavy atom. The molecule has 3 aromatic carbocycles. The van der Waals surface area contributed by atoms with Gasteiger partial charge in [0.2, 0.25) is 5.91 Å². The van der Waals surface area contributed by atoms with E-state index in [0.29, 0.717) is 12.8 Å². The van der Waals surface area contributed by atoms with Crippen LogP contribution in [0.5, 0.6) is 0 Å². The van der Waals surface area contributed by atoms with E-state index >= 15 is 0 Å². The summed E-state index contributed by atoms with van der Waals surface area (Å²) >= 11 is 0. The van der Waals surface area contributed by atoms with Crippen LogP contribution in [-0.2, 0) is 24.1 Å². The molecule has 0 saturated carbocycles. The molecule has 1 atom stereocenters. The van der Waals surface area contributed by atoms with Gasteiger partial charge in [-0.1, -0.05) is 60.7 Å². The summed E-state index contributed by atoms with van der Waals surface area (Å²) in [6, 6.07) is 24.0. The van der Waals surface area contributed by atoms with Crippen molar-refractivity contribution in [2.45, 2.75) is 31.7 Å². The molecule has 0 aliphatic heterocycles. The summed E-state index contributed by atoms with van der Waals surface area (Å²) < 4.78 is 0. The van der Waals surface area contributed by atoms with Crippen LogP contribution in [0.25, 0.3) is 10.9 Å². The van der Waals surface area contributed by atoms with Crippen LogP contribution in [0.1, 0.15) is 28.8 Å². The summed E-state index contributed by atoms with van der Waals surface area (Å²) in [4.78, 5) is 26.4. The number of non-ortho nitro benzene ring substituents is 1. The second-order valence-corrected chi connectivity index (χ2v) is 8.36. The molecule has 0 spiro atoms. The highest BCUT2D eigenvalue weighted by atomic mass is 16.6.